The molecule has 2 aliphatic heterocycles. The number of fused-ring (bicyclic) bond motifs is 3. The molecule has 2 unspecified atom stereocenters. The summed E-state index contributed by atoms with van der Waals surface area (Å²) < 4.78 is 0. The van der Waals surface area contributed by atoms with Crippen molar-refractivity contribution in [2.75, 3.05) is 16.3 Å². The predicted octanol–water partition coefficient (Wildman–Crippen LogP) is 5.13. The average Bonchev–Trinajstić information content (AvgIpc) is 3.53. The summed E-state index contributed by atoms with van der Waals surface area (Å²) in [5.41, 5.74) is 3.54. The second-order valence-electron chi connectivity index (χ2n) is 11.3. The van der Waals surface area contributed by atoms with Gasteiger partial charge in [-0.15, -0.1) is 0 Å². The number of para-hydroxylation sites is 2. The van der Waals surface area contributed by atoms with Gasteiger partial charge in [0.05, 0.1) is 23.8 Å². The molecule has 4 amide bonds. The Balaban J connectivity index is 1.26. The molecular formula is C33H31N3O4. The van der Waals surface area contributed by atoms with Gasteiger partial charge in [-0.05, 0) is 67.0 Å². The molecule has 3 aromatic carbocycles. The van der Waals surface area contributed by atoms with Gasteiger partial charge in [0.25, 0.3) is 11.8 Å². The molecule has 7 heteroatoms. The van der Waals surface area contributed by atoms with Crippen LogP contribution in [0.3, 0.4) is 0 Å². The Morgan fingerprint density at radius 1 is 0.725 bits per heavy atom. The molecule has 0 saturated heterocycles. The van der Waals surface area contributed by atoms with E-state index >= 15 is 0 Å². The van der Waals surface area contributed by atoms with E-state index in [4.69, 9.17) is 0 Å². The summed E-state index contributed by atoms with van der Waals surface area (Å²) in [6.07, 6.45) is 5.21. The molecule has 2 aliphatic carbocycles. The summed E-state index contributed by atoms with van der Waals surface area (Å²) in [7, 11) is 0. The number of amides is 4. The molecule has 3 aromatic rings. The van der Waals surface area contributed by atoms with Crippen molar-refractivity contribution in [3.05, 3.63) is 83.4 Å². The third-order valence-corrected chi connectivity index (χ3v) is 9.07. The van der Waals surface area contributed by atoms with Crippen LogP contribution in [0.4, 0.5) is 11.4 Å². The van der Waals surface area contributed by atoms with E-state index in [2.05, 4.69) is 24.3 Å². The van der Waals surface area contributed by atoms with Gasteiger partial charge in [-0.1, -0.05) is 61.0 Å². The molecule has 202 valence electrons. The number of benzene rings is 3. The van der Waals surface area contributed by atoms with Gasteiger partial charge >= 0.3 is 0 Å². The molecule has 40 heavy (non-hydrogen) atoms. The quantitative estimate of drug-likeness (QED) is 0.436. The first-order chi connectivity index (χ1) is 19.5. The number of carbonyl (C=O) groups is 4. The maximum atomic E-state index is 14.2. The zero-order valence-corrected chi connectivity index (χ0v) is 22.3. The van der Waals surface area contributed by atoms with Crippen LogP contribution in [0.5, 0.6) is 0 Å². The van der Waals surface area contributed by atoms with Crippen LogP contribution in [-0.4, -0.2) is 41.1 Å². The summed E-state index contributed by atoms with van der Waals surface area (Å²) in [6.45, 7) is 0.0852. The van der Waals surface area contributed by atoms with Crippen LogP contribution in [0, 0.1) is 5.92 Å². The zero-order valence-electron chi connectivity index (χ0n) is 22.3. The molecule has 2 heterocycles. The third-order valence-electron chi connectivity index (χ3n) is 9.07. The van der Waals surface area contributed by atoms with Gasteiger partial charge in [0.1, 0.15) is 6.54 Å². The van der Waals surface area contributed by atoms with Crippen molar-refractivity contribution in [3.8, 4) is 0 Å². The van der Waals surface area contributed by atoms with Crippen LogP contribution in [-0.2, 0) is 25.7 Å². The van der Waals surface area contributed by atoms with E-state index in [1.54, 1.807) is 4.90 Å². The minimum absolute atomic E-state index is 0.0173. The van der Waals surface area contributed by atoms with E-state index in [0.29, 0.717) is 54.7 Å². The highest BCUT2D eigenvalue weighted by atomic mass is 16.2. The SMILES string of the molecule is O=C1C2=C(CCCC2)C(=O)N1CC(=O)N1c2ccccc2N(Cc2cccc3ccccc23)C(=O)C2CCCC21. The van der Waals surface area contributed by atoms with Gasteiger partial charge in [-0.2, -0.15) is 0 Å². The van der Waals surface area contributed by atoms with Crippen molar-refractivity contribution in [2.45, 2.75) is 57.5 Å². The number of hydrogen-bond donors (Lipinski definition) is 0. The molecule has 0 aromatic heterocycles. The van der Waals surface area contributed by atoms with Crippen molar-refractivity contribution < 1.29 is 19.2 Å². The van der Waals surface area contributed by atoms with Crippen LogP contribution >= 0.6 is 0 Å². The largest absolute Gasteiger partial charge is 0.306 e. The number of hydrogen-bond acceptors (Lipinski definition) is 4. The number of carbonyl (C=O) groups excluding carboxylic acids is 4. The Labute approximate surface area is 233 Å². The lowest BCUT2D eigenvalue weighted by molar-refractivity contribution is -0.141. The molecule has 7 rings (SSSR count). The standard InChI is InChI=1S/C33H31N3O4/c37-30(20-35-31(38)24-13-3-4-14-25(24)32(35)39)36-27-18-8-15-26(27)33(40)34(28-16-5-6-17-29(28)36)19-22-11-7-10-21-9-1-2-12-23(21)22/h1-2,5-7,9-12,16-17,26-27H,3-4,8,13-15,18-20H2. The molecule has 7 nitrogen and oxygen atoms in total. The highest BCUT2D eigenvalue weighted by Gasteiger charge is 2.47. The summed E-state index contributed by atoms with van der Waals surface area (Å²) in [4.78, 5) is 59.2. The Kier molecular flexibility index (Phi) is 6.02. The molecule has 2 atom stereocenters. The molecule has 1 saturated carbocycles. The first-order valence-electron chi connectivity index (χ1n) is 14.3. The topological polar surface area (TPSA) is 78.0 Å². The van der Waals surface area contributed by atoms with Gasteiger partial charge in [0.2, 0.25) is 11.8 Å². The lowest BCUT2D eigenvalue weighted by Gasteiger charge is -2.31. The van der Waals surface area contributed by atoms with Gasteiger partial charge in [-0.25, -0.2) is 0 Å². The fourth-order valence-corrected chi connectivity index (χ4v) is 7.16. The van der Waals surface area contributed by atoms with E-state index < -0.39 is 0 Å². The molecule has 0 radical (unpaired) electrons. The fourth-order valence-electron chi connectivity index (χ4n) is 7.16. The normalized spacial score (nSPS) is 22.5. The van der Waals surface area contributed by atoms with Gasteiger partial charge in [0, 0.05) is 17.2 Å². The monoisotopic (exact) mass is 533 g/mol. The third kappa shape index (κ3) is 3.86. The Hall–Kier alpha value is -4.26. The molecule has 0 spiro atoms. The smallest absolute Gasteiger partial charge is 0.257 e. The number of rotatable bonds is 4. The van der Waals surface area contributed by atoms with E-state index in [1.807, 2.05) is 47.4 Å². The number of nitrogens with zero attached hydrogens (tertiary/aromatic N) is 3. The molecule has 0 N–H and O–H groups in total. The van der Waals surface area contributed by atoms with E-state index in [0.717, 1.165) is 40.5 Å². The van der Waals surface area contributed by atoms with E-state index in [-0.39, 0.29) is 42.1 Å². The van der Waals surface area contributed by atoms with Crippen LogP contribution in [0.1, 0.15) is 50.5 Å². The van der Waals surface area contributed by atoms with E-state index in [1.165, 1.54) is 0 Å². The van der Waals surface area contributed by atoms with Gasteiger partial charge in [-0.3, -0.25) is 24.1 Å². The number of anilines is 2. The van der Waals surface area contributed by atoms with Crippen molar-refractivity contribution in [1.82, 2.24) is 4.90 Å². The van der Waals surface area contributed by atoms with Crippen LogP contribution in [0.15, 0.2) is 77.9 Å². The molecular weight excluding hydrogens is 502 g/mol. The van der Waals surface area contributed by atoms with Crippen LogP contribution in [0.25, 0.3) is 10.8 Å². The van der Waals surface area contributed by atoms with Crippen molar-refractivity contribution >= 4 is 45.8 Å². The highest BCUT2D eigenvalue weighted by Crippen LogP contribution is 2.44. The first kappa shape index (κ1) is 24.8. The van der Waals surface area contributed by atoms with Gasteiger partial charge in [0.15, 0.2) is 0 Å². The Bertz CT molecular complexity index is 1570. The highest BCUT2D eigenvalue weighted by molar-refractivity contribution is 6.21. The summed E-state index contributed by atoms with van der Waals surface area (Å²) in [5, 5.41) is 2.21. The van der Waals surface area contributed by atoms with Gasteiger partial charge < -0.3 is 9.80 Å². The lowest BCUT2D eigenvalue weighted by Crippen LogP contribution is -2.49. The minimum atomic E-state index is -0.345. The first-order valence-corrected chi connectivity index (χ1v) is 14.3. The van der Waals surface area contributed by atoms with Crippen LogP contribution in [0.2, 0.25) is 0 Å². The second kappa shape index (κ2) is 9.73. The number of imide groups is 1. The lowest BCUT2D eigenvalue weighted by atomic mass is 9.93. The Morgan fingerprint density at radius 2 is 1.40 bits per heavy atom. The molecule has 4 aliphatic rings. The molecule has 0 bridgehead atoms. The average molecular weight is 534 g/mol. The summed E-state index contributed by atoms with van der Waals surface area (Å²) in [6, 6.07) is 21.5. The van der Waals surface area contributed by atoms with Crippen molar-refractivity contribution in [2.24, 2.45) is 5.92 Å². The summed E-state index contributed by atoms with van der Waals surface area (Å²) >= 11 is 0. The van der Waals surface area contributed by atoms with Crippen molar-refractivity contribution in [1.29, 1.82) is 0 Å². The fraction of sp³-hybridized carbons (Fsp3) is 0.333. The maximum absolute atomic E-state index is 14.2. The predicted molar refractivity (Wildman–Crippen MR) is 152 cm³/mol. The molecule has 1 fully saturated rings. The zero-order chi connectivity index (χ0) is 27.4. The maximum Gasteiger partial charge on any atom is 0.257 e. The van der Waals surface area contributed by atoms with Crippen LogP contribution < -0.4 is 9.80 Å². The Morgan fingerprint density at radius 3 is 2.17 bits per heavy atom. The van der Waals surface area contributed by atoms with Crippen molar-refractivity contribution in [3.63, 3.8) is 0 Å². The summed E-state index contributed by atoms with van der Waals surface area (Å²) in [5.74, 6) is -1.29. The van der Waals surface area contributed by atoms with E-state index in [9.17, 15) is 19.2 Å². The second-order valence-corrected chi connectivity index (χ2v) is 11.3. The minimum Gasteiger partial charge on any atom is -0.306 e.